The Morgan fingerprint density at radius 2 is 1.95 bits per heavy atom. The standard InChI is InChI=1S/C13H29N3O2S/c1-11(2)15-19(17,18)16-8-6-7-12(10-16)9-14-13(3,4)5/h11-12,14-15H,6-10H2,1-5H3. The fourth-order valence-corrected chi connectivity index (χ4v) is 3.76. The second kappa shape index (κ2) is 6.52. The summed E-state index contributed by atoms with van der Waals surface area (Å²) in [6.45, 7) is 12.2. The molecule has 1 heterocycles. The molecule has 1 aliphatic rings. The third kappa shape index (κ3) is 6.21. The molecule has 0 bridgehead atoms. The van der Waals surface area contributed by atoms with Crippen molar-refractivity contribution in [3.63, 3.8) is 0 Å². The molecule has 1 unspecified atom stereocenters. The van der Waals surface area contributed by atoms with Crippen LogP contribution in [0.25, 0.3) is 0 Å². The smallest absolute Gasteiger partial charge is 0.279 e. The number of hydrogen-bond acceptors (Lipinski definition) is 3. The van der Waals surface area contributed by atoms with Crippen LogP contribution in [0.5, 0.6) is 0 Å². The van der Waals surface area contributed by atoms with E-state index in [9.17, 15) is 8.42 Å². The van der Waals surface area contributed by atoms with Gasteiger partial charge < -0.3 is 5.32 Å². The minimum Gasteiger partial charge on any atom is -0.312 e. The van der Waals surface area contributed by atoms with Crippen molar-refractivity contribution >= 4 is 10.2 Å². The zero-order chi connectivity index (χ0) is 14.7. The first kappa shape index (κ1) is 16.9. The van der Waals surface area contributed by atoms with Gasteiger partial charge in [0.15, 0.2) is 0 Å². The second-order valence-electron chi connectivity index (χ2n) is 6.77. The number of hydrogen-bond donors (Lipinski definition) is 2. The van der Waals surface area contributed by atoms with Gasteiger partial charge in [-0.1, -0.05) is 0 Å². The number of piperidine rings is 1. The first-order valence-electron chi connectivity index (χ1n) is 7.12. The Morgan fingerprint density at radius 3 is 2.47 bits per heavy atom. The third-order valence-electron chi connectivity index (χ3n) is 3.13. The van der Waals surface area contributed by atoms with E-state index in [4.69, 9.17) is 0 Å². The van der Waals surface area contributed by atoms with Crippen molar-refractivity contribution in [2.45, 2.75) is 59.0 Å². The highest BCUT2D eigenvalue weighted by atomic mass is 32.2. The zero-order valence-electron chi connectivity index (χ0n) is 12.9. The van der Waals surface area contributed by atoms with Crippen LogP contribution < -0.4 is 10.0 Å². The molecule has 0 aliphatic carbocycles. The molecule has 6 heteroatoms. The average molecular weight is 291 g/mol. The molecule has 0 amide bonds. The lowest BCUT2D eigenvalue weighted by atomic mass is 9.98. The summed E-state index contributed by atoms with van der Waals surface area (Å²) >= 11 is 0. The van der Waals surface area contributed by atoms with Gasteiger partial charge >= 0.3 is 0 Å². The van der Waals surface area contributed by atoms with Gasteiger partial charge in [-0.2, -0.15) is 17.4 Å². The molecule has 1 saturated heterocycles. The van der Waals surface area contributed by atoms with Gasteiger partial charge in [-0.15, -0.1) is 0 Å². The topological polar surface area (TPSA) is 61.4 Å². The van der Waals surface area contributed by atoms with Crippen LogP contribution in [0.2, 0.25) is 0 Å². The van der Waals surface area contributed by atoms with Crippen LogP contribution in [0.15, 0.2) is 0 Å². The van der Waals surface area contributed by atoms with Gasteiger partial charge in [0.1, 0.15) is 0 Å². The maximum atomic E-state index is 12.1. The summed E-state index contributed by atoms with van der Waals surface area (Å²) in [4.78, 5) is 0. The first-order valence-corrected chi connectivity index (χ1v) is 8.56. The Bertz CT molecular complexity index is 374. The van der Waals surface area contributed by atoms with E-state index in [0.717, 1.165) is 19.4 Å². The van der Waals surface area contributed by atoms with Gasteiger partial charge in [0.2, 0.25) is 0 Å². The van der Waals surface area contributed by atoms with Crippen LogP contribution in [-0.2, 0) is 10.2 Å². The fraction of sp³-hybridized carbons (Fsp3) is 1.00. The van der Waals surface area contributed by atoms with Crippen LogP contribution in [-0.4, -0.2) is 43.9 Å². The molecule has 0 aromatic carbocycles. The normalized spacial score (nSPS) is 22.9. The molecule has 0 radical (unpaired) electrons. The molecule has 0 aromatic heterocycles. The molecule has 1 rings (SSSR count). The lowest BCUT2D eigenvalue weighted by Crippen LogP contribution is -2.50. The maximum Gasteiger partial charge on any atom is 0.279 e. The van der Waals surface area contributed by atoms with Gasteiger partial charge in [0.05, 0.1) is 0 Å². The molecule has 2 N–H and O–H groups in total. The molecule has 19 heavy (non-hydrogen) atoms. The lowest BCUT2D eigenvalue weighted by molar-refractivity contribution is 0.242. The first-order chi connectivity index (χ1) is 8.60. The molecular weight excluding hydrogens is 262 g/mol. The number of nitrogens with one attached hydrogen (secondary N) is 2. The summed E-state index contributed by atoms with van der Waals surface area (Å²) in [6.07, 6.45) is 2.03. The number of nitrogens with zero attached hydrogens (tertiary/aromatic N) is 1. The molecule has 1 aliphatic heterocycles. The van der Waals surface area contributed by atoms with E-state index in [2.05, 4.69) is 30.8 Å². The van der Waals surface area contributed by atoms with Gasteiger partial charge in [0.25, 0.3) is 10.2 Å². The third-order valence-corrected chi connectivity index (χ3v) is 4.91. The van der Waals surface area contributed by atoms with Gasteiger partial charge in [-0.3, -0.25) is 0 Å². The molecule has 114 valence electrons. The fourth-order valence-electron chi connectivity index (χ4n) is 2.23. The molecule has 0 saturated carbocycles. The Balaban J connectivity index is 2.55. The van der Waals surface area contributed by atoms with Gasteiger partial charge in [-0.25, -0.2) is 0 Å². The lowest BCUT2D eigenvalue weighted by Gasteiger charge is -2.34. The Hall–Kier alpha value is -0.170. The Morgan fingerprint density at radius 1 is 1.32 bits per heavy atom. The quantitative estimate of drug-likeness (QED) is 0.803. The van der Waals surface area contributed by atoms with Crippen molar-refractivity contribution < 1.29 is 8.42 Å². The van der Waals surface area contributed by atoms with E-state index in [0.29, 0.717) is 19.0 Å². The molecule has 1 atom stereocenters. The summed E-state index contributed by atoms with van der Waals surface area (Å²) in [7, 11) is -3.31. The molecule has 5 nitrogen and oxygen atoms in total. The minimum atomic E-state index is -3.31. The largest absolute Gasteiger partial charge is 0.312 e. The SMILES string of the molecule is CC(C)NS(=O)(=O)N1CCCC(CNC(C)(C)C)C1. The summed E-state index contributed by atoms with van der Waals surface area (Å²) in [6, 6.07) is -0.0573. The Kier molecular flexibility index (Phi) is 5.79. The van der Waals surface area contributed by atoms with Crippen LogP contribution >= 0.6 is 0 Å². The van der Waals surface area contributed by atoms with Crippen LogP contribution in [0.4, 0.5) is 0 Å². The van der Waals surface area contributed by atoms with E-state index < -0.39 is 10.2 Å². The van der Waals surface area contributed by atoms with Crippen molar-refractivity contribution in [2.75, 3.05) is 19.6 Å². The predicted octanol–water partition coefficient (Wildman–Crippen LogP) is 1.33. The van der Waals surface area contributed by atoms with Crippen molar-refractivity contribution in [3.05, 3.63) is 0 Å². The van der Waals surface area contributed by atoms with Crippen LogP contribution in [0.3, 0.4) is 0 Å². The maximum absolute atomic E-state index is 12.1. The summed E-state index contributed by atoms with van der Waals surface area (Å²) in [5, 5.41) is 3.46. The van der Waals surface area contributed by atoms with Crippen molar-refractivity contribution in [1.82, 2.24) is 14.3 Å². The zero-order valence-corrected chi connectivity index (χ0v) is 13.7. The molecule has 0 aromatic rings. The highest BCUT2D eigenvalue weighted by Crippen LogP contribution is 2.19. The van der Waals surface area contributed by atoms with E-state index in [1.165, 1.54) is 0 Å². The minimum absolute atomic E-state index is 0.0573. The average Bonchev–Trinajstić information content (AvgIpc) is 2.24. The Labute approximate surface area is 118 Å². The van der Waals surface area contributed by atoms with Crippen LogP contribution in [0.1, 0.15) is 47.5 Å². The highest BCUT2D eigenvalue weighted by Gasteiger charge is 2.29. The molecule has 1 fully saturated rings. The van der Waals surface area contributed by atoms with Crippen LogP contribution in [0, 0.1) is 5.92 Å². The van der Waals surface area contributed by atoms with Crippen molar-refractivity contribution in [1.29, 1.82) is 0 Å². The number of rotatable bonds is 5. The van der Waals surface area contributed by atoms with Gasteiger partial charge in [0, 0.05) is 24.7 Å². The monoisotopic (exact) mass is 291 g/mol. The highest BCUT2D eigenvalue weighted by molar-refractivity contribution is 7.87. The molecular formula is C13H29N3O2S. The van der Waals surface area contributed by atoms with E-state index in [1.54, 1.807) is 4.31 Å². The van der Waals surface area contributed by atoms with Gasteiger partial charge in [-0.05, 0) is 59.9 Å². The van der Waals surface area contributed by atoms with Crippen molar-refractivity contribution in [2.24, 2.45) is 5.92 Å². The van der Waals surface area contributed by atoms with E-state index >= 15 is 0 Å². The van der Waals surface area contributed by atoms with E-state index in [1.807, 2.05) is 13.8 Å². The summed E-state index contributed by atoms with van der Waals surface area (Å²) in [5.74, 6) is 0.400. The summed E-state index contributed by atoms with van der Waals surface area (Å²) in [5.41, 5.74) is 0.0807. The summed E-state index contributed by atoms with van der Waals surface area (Å²) < 4.78 is 28.5. The van der Waals surface area contributed by atoms with Crippen molar-refractivity contribution in [3.8, 4) is 0 Å². The van der Waals surface area contributed by atoms with E-state index in [-0.39, 0.29) is 11.6 Å². The molecule has 0 spiro atoms. The second-order valence-corrected chi connectivity index (χ2v) is 8.48. The predicted molar refractivity (Wildman–Crippen MR) is 79.2 cm³/mol.